The fourth-order valence-electron chi connectivity index (χ4n) is 3.44. The van der Waals surface area contributed by atoms with E-state index < -0.39 is 11.5 Å². The Bertz CT molecular complexity index is 849. The van der Waals surface area contributed by atoms with Crippen LogP contribution in [0.2, 0.25) is 0 Å². The second kappa shape index (κ2) is 4.44. The maximum Gasteiger partial charge on any atom is 0.198 e. The van der Waals surface area contributed by atoms with Gasteiger partial charge in [-0.25, -0.2) is 0 Å². The molecule has 0 fully saturated rings. The van der Waals surface area contributed by atoms with Gasteiger partial charge in [-0.2, -0.15) is 0 Å². The molecule has 2 aromatic carbocycles. The lowest BCUT2D eigenvalue weighted by Gasteiger charge is -2.23. The van der Waals surface area contributed by atoms with Gasteiger partial charge in [0.15, 0.2) is 23.1 Å². The van der Waals surface area contributed by atoms with E-state index in [1.54, 1.807) is 6.07 Å². The number of phenols is 2. The molecular weight excluding hydrogens is 280 g/mol. The molecule has 2 aliphatic carbocycles. The lowest BCUT2D eigenvalue weighted by atomic mass is 9.79. The van der Waals surface area contributed by atoms with Crippen molar-refractivity contribution >= 4 is 11.6 Å². The van der Waals surface area contributed by atoms with Gasteiger partial charge in [0, 0.05) is 16.7 Å². The summed E-state index contributed by atoms with van der Waals surface area (Å²) in [6.07, 6.45) is 4.01. The molecule has 0 saturated carbocycles. The molecule has 22 heavy (non-hydrogen) atoms. The van der Waals surface area contributed by atoms with Gasteiger partial charge in [-0.3, -0.25) is 9.59 Å². The van der Waals surface area contributed by atoms with Gasteiger partial charge in [-0.15, -0.1) is 0 Å². The molecular formula is C18H14O4. The minimum Gasteiger partial charge on any atom is -0.504 e. The van der Waals surface area contributed by atoms with Crippen molar-refractivity contribution in [2.45, 2.75) is 25.7 Å². The van der Waals surface area contributed by atoms with E-state index in [9.17, 15) is 19.8 Å². The third-order valence-electron chi connectivity index (χ3n) is 4.60. The van der Waals surface area contributed by atoms with E-state index in [0.29, 0.717) is 11.1 Å². The number of ketones is 2. The molecule has 0 aromatic heterocycles. The lowest BCUT2D eigenvalue weighted by Crippen LogP contribution is -2.22. The normalized spacial score (nSPS) is 16.0. The molecule has 0 spiro atoms. The first-order chi connectivity index (χ1) is 10.6. The van der Waals surface area contributed by atoms with Crippen LogP contribution in [0.5, 0.6) is 11.5 Å². The first-order valence-electron chi connectivity index (χ1n) is 7.38. The summed E-state index contributed by atoms with van der Waals surface area (Å²) in [7, 11) is 0. The van der Waals surface area contributed by atoms with E-state index in [4.69, 9.17) is 0 Å². The second-order valence-corrected chi connectivity index (χ2v) is 5.89. The zero-order valence-electron chi connectivity index (χ0n) is 11.8. The van der Waals surface area contributed by atoms with Crippen LogP contribution in [0.4, 0.5) is 0 Å². The van der Waals surface area contributed by atoms with E-state index >= 15 is 0 Å². The lowest BCUT2D eigenvalue weighted by molar-refractivity contribution is 0.0976. The quantitative estimate of drug-likeness (QED) is 0.625. The van der Waals surface area contributed by atoms with Crippen molar-refractivity contribution in [1.82, 2.24) is 0 Å². The second-order valence-electron chi connectivity index (χ2n) is 5.89. The zero-order valence-corrected chi connectivity index (χ0v) is 11.8. The van der Waals surface area contributed by atoms with Gasteiger partial charge in [-0.05, 0) is 61.1 Å². The summed E-state index contributed by atoms with van der Waals surface area (Å²) in [5, 5.41) is 19.6. The maximum absolute atomic E-state index is 12.7. The summed E-state index contributed by atoms with van der Waals surface area (Å²) in [6.45, 7) is 0. The van der Waals surface area contributed by atoms with Crippen molar-refractivity contribution in [2.24, 2.45) is 0 Å². The Morgan fingerprint density at radius 1 is 0.773 bits per heavy atom. The fraction of sp³-hybridized carbons (Fsp3) is 0.222. The molecule has 0 saturated heterocycles. The Hall–Kier alpha value is -2.62. The van der Waals surface area contributed by atoms with Crippen LogP contribution < -0.4 is 0 Å². The molecule has 2 aliphatic rings. The van der Waals surface area contributed by atoms with Gasteiger partial charge >= 0.3 is 0 Å². The number of hydrogen-bond acceptors (Lipinski definition) is 4. The average molecular weight is 294 g/mol. The van der Waals surface area contributed by atoms with Crippen molar-refractivity contribution in [2.75, 3.05) is 0 Å². The van der Waals surface area contributed by atoms with Crippen molar-refractivity contribution in [3.63, 3.8) is 0 Å². The highest BCUT2D eigenvalue weighted by atomic mass is 16.3. The fourth-order valence-corrected chi connectivity index (χ4v) is 3.44. The van der Waals surface area contributed by atoms with Crippen LogP contribution in [0.3, 0.4) is 0 Å². The SMILES string of the molecule is O=C1c2cc3c(cc2C(=O)c2c1ccc(O)c2O)CCCC3. The average Bonchev–Trinajstić information content (AvgIpc) is 2.54. The highest BCUT2D eigenvalue weighted by molar-refractivity contribution is 6.29. The maximum atomic E-state index is 12.7. The summed E-state index contributed by atoms with van der Waals surface area (Å²) < 4.78 is 0. The standard InChI is InChI=1S/C18H14O4/c19-14-6-5-11-15(18(14)22)17(21)13-8-10-4-2-1-3-9(10)7-12(13)16(11)20/h5-8,19,22H,1-4H2. The van der Waals surface area contributed by atoms with Crippen molar-refractivity contribution < 1.29 is 19.8 Å². The van der Waals surface area contributed by atoms with E-state index in [0.717, 1.165) is 36.8 Å². The Morgan fingerprint density at radius 3 is 2.00 bits per heavy atom. The van der Waals surface area contributed by atoms with Gasteiger partial charge in [0.25, 0.3) is 0 Å². The zero-order chi connectivity index (χ0) is 15.4. The van der Waals surface area contributed by atoms with Gasteiger partial charge in [-0.1, -0.05) is 0 Å². The first-order valence-corrected chi connectivity index (χ1v) is 7.38. The van der Waals surface area contributed by atoms with Crippen molar-refractivity contribution in [1.29, 1.82) is 0 Å². The monoisotopic (exact) mass is 294 g/mol. The third-order valence-corrected chi connectivity index (χ3v) is 4.60. The van der Waals surface area contributed by atoms with Crippen molar-refractivity contribution in [3.05, 3.63) is 57.6 Å². The Labute approximate surface area is 127 Å². The van der Waals surface area contributed by atoms with Crippen LogP contribution >= 0.6 is 0 Å². The highest BCUT2D eigenvalue weighted by Crippen LogP contribution is 2.39. The van der Waals surface area contributed by atoms with E-state index in [2.05, 4.69) is 0 Å². The Morgan fingerprint density at radius 2 is 1.36 bits per heavy atom. The Balaban J connectivity index is 1.99. The summed E-state index contributed by atoms with van der Waals surface area (Å²) in [6, 6.07) is 6.25. The molecule has 4 heteroatoms. The summed E-state index contributed by atoms with van der Waals surface area (Å²) in [5.74, 6) is -1.57. The summed E-state index contributed by atoms with van der Waals surface area (Å²) in [4.78, 5) is 25.3. The topological polar surface area (TPSA) is 74.6 Å². The highest BCUT2D eigenvalue weighted by Gasteiger charge is 2.34. The van der Waals surface area contributed by atoms with Crippen molar-refractivity contribution in [3.8, 4) is 11.5 Å². The number of fused-ring (bicyclic) bond motifs is 3. The first kappa shape index (κ1) is 13.1. The molecule has 0 radical (unpaired) electrons. The minimum absolute atomic E-state index is 0.0896. The largest absolute Gasteiger partial charge is 0.504 e. The van der Waals surface area contributed by atoms with E-state index in [1.807, 2.05) is 6.07 Å². The molecule has 0 aliphatic heterocycles. The molecule has 2 N–H and O–H groups in total. The predicted molar refractivity (Wildman–Crippen MR) is 79.7 cm³/mol. The molecule has 4 nitrogen and oxygen atoms in total. The van der Waals surface area contributed by atoms with Gasteiger partial charge in [0.1, 0.15) is 0 Å². The smallest absolute Gasteiger partial charge is 0.198 e. The molecule has 0 bridgehead atoms. The van der Waals surface area contributed by atoms with Crippen LogP contribution in [0.25, 0.3) is 0 Å². The number of aromatic hydroxyl groups is 2. The number of aryl methyl sites for hydroxylation is 2. The van der Waals surface area contributed by atoms with Crippen LogP contribution in [0.1, 0.15) is 55.8 Å². The van der Waals surface area contributed by atoms with Crippen LogP contribution in [0.15, 0.2) is 24.3 Å². The summed E-state index contributed by atoms with van der Waals surface area (Å²) >= 11 is 0. The summed E-state index contributed by atoms with van der Waals surface area (Å²) in [5.41, 5.74) is 3.05. The molecule has 110 valence electrons. The molecule has 0 unspecified atom stereocenters. The van der Waals surface area contributed by atoms with Crippen LogP contribution in [0, 0.1) is 0 Å². The van der Waals surface area contributed by atoms with Gasteiger partial charge in [0.05, 0.1) is 5.56 Å². The molecule has 2 aromatic rings. The molecule has 4 rings (SSSR count). The van der Waals surface area contributed by atoms with Crippen LogP contribution in [-0.2, 0) is 12.8 Å². The number of phenolic OH excluding ortho intramolecular Hbond substituents is 2. The molecule has 0 atom stereocenters. The number of benzene rings is 2. The van der Waals surface area contributed by atoms with Gasteiger partial charge < -0.3 is 10.2 Å². The Kier molecular flexibility index (Phi) is 2.64. The number of carbonyl (C=O) groups is 2. The minimum atomic E-state index is -0.515. The third kappa shape index (κ3) is 1.64. The van der Waals surface area contributed by atoms with Gasteiger partial charge in [0.2, 0.25) is 0 Å². The molecule has 0 amide bonds. The van der Waals surface area contributed by atoms with E-state index in [1.165, 1.54) is 12.1 Å². The number of carbonyl (C=O) groups excluding carboxylic acids is 2. The predicted octanol–water partition coefficient (Wildman–Crippen LogP) is 2.75. The number of rotatable bonds is 0. The van der Waals surface area contributed by atoms with E-state index in [-0.39, 0.29) is 22.7 Å². The van der Waals surface area contributed by atoms with Crippen LogP contribution in [-0.4, -0.2) is 21.8 Å². The molecule has 0 heterocycles. The number of hydrogen-bond donors (Lipinski definition) is 2.